The van der Waals surface area contributed by atoms with E-state index in [4.69, 9.17) is 5.73 Å². The van der Waals surface area contributed by atoms with E-state index in [1.54, 1.807) is 12.3 Å². The fraction of sp³-hybridized carbons (Fsp3) is 0. The van der Waals surface area contributed by atoms with Crippen molar-refractivity contribution in [2.24, 2.45) is 0 Å². The zero-order valence-corrected chi connectivity index (χ0v) is 7.94. The molecule has 1 aromatic carbocycles. The molecule has 4 heteroatoms. The van der Waals surface area contributed by atoms with Crippen molar-refractivity contribution in [3.63, 3.8) is 0 Å². The number of benzene rings is 1. The van der Waals surface area contributed by atoms with Crippen LogP contribution in [0.2, 0.25) is 0 Å². The van der Waals surface area contributed by atoms with Crippen molar-refractivity contribution in [1.29, 1.82) is 0 Å². The van der Waals surface area contributed by atoms with Gasteiger partial charge in [-0.3, -0.25) is 0 Å². The van der Waals surface area contributed by atoms with E-state index in [2.05, 4.69) is 10.3 Å². The monoisotopic (exact) mass is 203 g/mol. The van der Waals surface area contributed by atoms with Crippen LogP contribution < -0.4 is 11.1 Å². The highest BCUT2D eigenvalue weighted by Crippen LogP contribution is 2.19. The Kier molecular flexibility index (Phi) is 2.49. The van der Waals surface area contributed by atoms with Crippen LogP contribution in [0.4, 0.5) is 21.6 Å². The molecule has 3 N–H and O–H groups in total. The molecule has 1 aromatic heterocycles. The lowest BCUT2D eigenvalue weighted by molar-refractivity contribution is 0.633. The highest BCUT2D eigenvalue weighted by Gasteiger charge is 1.99. The number of pyridine rings is 1. The fourth-order valence-electron chi connectivity index (χ4n) is 1.21. The number of anilines is 3. The standard InChI is InChI=1S/C11H10FN3/c12-9-5-4-8(7-10(9)13)15-11-3-1-2-6-14-11/h1-7H,13H2,(H,14,15). The van der Waals surface area contributed by atoms with Crippen LogP contribution in [0.15, 0.2) is 42.6 Å². The second-order valence-electron chi connectivity index (χ2n) is 3.08. The molecule has 76 valence electrons. The van der Waals surface area contributed by atoms with E-state index in [1.807, 2.05) is 18.2 Å². The lowest BCUT2D eigenvalue weighted by atomic mass is 10.2. The summed E-state index contributed by atoms with van der Waals surface area (Å²) >= 11 is 0. The van der Waals surface area contributed by atoms with Crippen LogP contribution in [-0.2, 0) is 0 Å². The second-order valence-corrected chi connectivity index (χ2v) is 3.08. The van der Waals surface area contributed by atoms with Crippen molar-refractivity contribution in [3.05, 3.63) is 48.4 Å². The van der Waals surface area contributed by atoms with Gasteiger partial charge in [0.05, 0.1) is 5.69 Å². The molecule has 0 saturated heterocycles. The number of hydrogen-bond donors (Lipinski definition) is 2. The summed E-state index contributed by atoms with van der Waals surface area (Å²) in [7, 11) is 0. The molecular weight excluding hydrogens is 193 g/mol. The summed E-state index contributed by atoms with van der Waals surface area (Å²) in [5, 5.41) is 3.01. The zero-order chi connectivity index (χ0) is 10.7. The molecule has 0 unspecified atom stereocenters. The Morgan fingerprint density at radius 3 is 2.73 bits per heavy atom. The van der Waals surface area contributed by atoms with Gasteiger partial charge in [-0.15, -0.1) is 0 Å². The van der Waals surface area contributed by atoms with Crippen LogP contribution >= 0.6 is 0 Å². The topological polar surface area (TPSA) is 50.9 Å². The molecule has 0 atom stereocenters. The van der Waals surface area contributed by atoms with Crippen molar-refractivity contribution in [2.45, 2.75) is 0 Å². The first-order valence-corrected chi connectivity index (χ1v) is 4.49. The van der Waals surface area contributed by atoms with Crippen LogP contribution in [0, 0.1) is 5.82 Å². The molecule has 15 heavy (non-hydrogen) atoms. The minimum atomic E-state index is -0.415. The predicted molar refractivity (Wildman–Crippen MR) is 58.3 cm³/mol. The molecule has 0 radical (unpaired) electrons. The third-order valence-corrected chi connectivity index (χ3v) is 1.93. The van der Waals surface area contributed by atoms with Crippen molar-refractivity contribution in [1.82, 2.24) is 4.98 Å². The third-order valence-electron chi connectivity index (χ3n) is 1.93. The average Bonchev–Trinajstić information content (AvgIpc) is 2.25. The molecule has 3 nitrogen and oxygen atoms in total. The number of hydrogen-bond acceptors (Lipinski definition) is 3. The van der Waals surface area contributed by atoms with Gasteiger partial charge in [0, 0.05) is 11.9 Å². The van der Waals surface area contributed by atoms with Crippen LogP contribution in [-0.4, -0.2) is 4.98 Å². The summed E-state index contributed by atoms with van der Waals surface area (Å²) in [5.74, 6) is 0.282. The van der Waals surface area contributed by atoms with E-state index < -0.39 is 5.82 Å². The summed E-state index contributed by atoms with van der Waals surface area (Å²) in [6, 6.07) is 9.97. The summed E-state index contributed by atoms with van der Waals surface area (Å²) in [4.78, 5) is 4.08. The highest BCUT2D eigenvalue weighted by atomic mass is 19.1. The van der Waals surface area contributed by atoms with Gasteiger partial charge in [0.15, 0.2) is 0 Å². The summed E-state index contributed by atoms with van der Waals surface area (Å²) in [6.07, 6.45) is 1.68. The molecular formula is C11H10FN3. The maximum atomic E-state index is 12.9. The third kappa shape index (κ3) is 2.22. The number of nitrogen functional groups attached to an aromatic ring is 1. The first kappa shape index (κ1) is 9.45. The molecule has 2 aromatic rings. The largest absolute Gasteiger partial charge is 0.396 e. The minimum absolute atomic E-state index is 0.121. The molecule has 0 aliphatic heterocycles. The predicted octanol–water partition coefficient (Wildman–Crippen LogP) is 2.55. The SMILES string of the molecule is Nc1cc(Nc2ccccn2)ccc1F. The number of nitrogens with one attached hydrogen (secondary N) is 1. The molecule has 0 fully saturated rings. The quantitative estimate of drug-likeness (QED) is 0.737. The first-order chi connectivity index (χ1) is 7.25. The number of rotatable bonds is 2. The number of nitrogens with zero attached hydrogens (tertiary/aromatic N) is 1. The molecule has 0 amide bonds. The van der Waals surface area contributed by atoms with Crippen molar-refractivity contribution in [2.75, 3.05) is 11.1 Å². The zero-order valence-electron chi connectivity index (χ0n) is 7.94. The molecule has 0 bridgehead atoms. The lowest BCUT2D eigenvalue weighted by Gasteiger charge is -2.05. The van der Waals surface area contributed by atoms with Gasteiger partial charge in [-0.1, -0.05) is 6.07 Å². The van der Waals surface area contributed by atoms with E-state index in [9.17, 15) is 4.39 Å². The van der Waals surface area contributed by atoms with Gasteiger partial charge >= 0.3 is 0 Å². The Bertz CT molecular complexity index is 457. The smallest absolute Gasteiger partial charge is 0.146 e. The number of aromatic nitrogens is 1. The number of nitrogens with two attached hydrogens (primary N) is 1. The molecule has 2 rings (SSSR count). The first-order valence-electron chi connectivity index (χ1n) is 4.49. The fourth-order valence-corrected chi connectivity index (χ4v) is 1.21. The Labute approximate surface area is 86.8 Å². The Hall–Kier alpha value is -2.10. The van der Waals surface area contributed by atoms with Crippen LogP contribution in [0.1, 0.15) is 0 Å². The Balaban J connectivity index is 2.22. The molecule has 0 aliphatic rings. The average molecular weight is 203 g/mol. The molecule has 0 aliphatic carbocycles. The van der Waals surface area contributed by atoms with E-state index in [-0.39, 0.29) is 5.69 Å². The van der Waals surface area contributed by atoms with Crippen molar-refractivity contribution in [3.8, 4) is 0 Å². The molecule has 1 heterocycles. The maximum Gasteiger partial charge on any atom is 0.146 e. The van der Waals surface area contributed by atoms with Gasteiger partial charge in [0.2, 0.25) is 0 Å². The van der Waals surface area contributed by atoms with Crippen LogP contribution in [0.3, 0.4) is 0 Å². The van der Waals surface area contributed by atoms with Gasteiger partial charge in [0.1, 0.15) is 11.6 Å². The van der Waals surface area contributed by atoms with Crippen LogP contribution in [0.25, 0.3) is 0 Å². The molecule has 0 spiro atoms. The van der Waals surface area contributed by atoms with E-state index in [0.29, 0.717) is 11.5 Å². The minimum Gasteiger partial charge on any atom is -0.396 e. The Morgan fingerprint density at radius 2 is 2.07 bits per heavy atom. The number of halogens is 1. The highest BCUT2D eigenvalue weighted by molar-refractivity contribution is 5.61. The van der Waals surface area contributed by atoms with Crippen molar-refractivity contribution >= 4 is 17.2 Å². The van der Waals surface area contributed by atoms with Gasteiger partial charge < -0.3 is 11.1 Å². The molecule has 0 saturated carbocycles. The van der Waals surface area contributed by atoms with Gasteiger partial charge in [0.25, 0.3) is 0 Å². The van der Waals surface area contributed by atoms with Crippen LogP contribution in [0.5, 0.6) is 0 Å². The Morgan fingerprint density at radius 1 is 1.20 bits per heavy atom. The normalized spacial score (nSPS) is 9.93. The van der Waals surface area contributed by atoms with Gasteiger partial charge in [-0.2, -0.15) is 0 Å². The van der Waals surface area contributed by atoms with Crippen molar-refractivity contribution < 1.29 is 4.39 Å². The summed E-state index contributed by atoms with van der Waals surface area (Å²) in [5.41, 5.74) is 6.28. The van der Waals surface area contributed by atoms with E-state index in [0.717, 1.165) is 0 Å². The van der Waals surface area contributed by atoms with Gasteiger partial charge in [-0.05, 0) is 30.3 Å². The second kappa shape index (κ2) is 3.96. The maximum absolute atomic E-state index is 12.9. The summed E-state index contributed by atoms with van der Waals surface area (Å²) in [6.45, 7) is 0. The van der Waals surface area contributed by atoms with E-state index in [1.165, 1.54) is 12.1 Å². The lowest BCUT2D eigenvalue weighted by Crippen LogP contribution is -1.95. The summed E-state index contributed by atoms with van der Waals surface area (Å²) < 4.78 is 12.9. The van der Waals surface area contributed by atoms with E-state index >= 15 is 0 Å². The van der Waals surface area contributed by atoms with Gasteiger partial charge in [-0.25, -0.2) is 9.37 Å².